The van der Waals surface area contributed by atoms with Crippen molar-refractivity contribution >= 4 is 49.5 Å². The first-order valence-electron chi connectivity index (χ1n) is 32.6. The number of halogens is 1. The van der Waals surface area contributed by atoms with E-state index in [0.29, 0.717) is 52.7 Å². The number of phosphoric ester groups is 1. The van der Waals surface area contributed by atoms with E-state index < -0.39 is 85.7 Å². The number of thioether (sulfide) groups is 2. The van der Waals surface area contributed by atoms with E-state index in [9.17, 15) is 14.2 Å². The molecule has 12 rings (SSSR count). The van der Waals surface area contributed by atoms with Gasteiger partial charge in [-0.3, -0.25) is 22.6 Å². The molecule has 12 atom stereocenters. The molecule has 0 spiro atoms. The Balaban J connectivity index is 0.000000220. The summed E-state index contributed by atoms with van der Waals surface area (Å²) in [6, 6.07) is 79.8. The molecule has 0 saturated carbocycles. The Morgan fingerprint density at radius 2 is 0.745 bits per heavy atom. The van der Waals surface area contributed by atoms with Gasteiger partial charge in [-0.05, 0) is 85.3 Å². The van der Waals surface area contributed by atoms with Gasteiger partial charge >= 0.3 is 44.3 Å². The third kappa shape index (κ3) is 25.3. The molecule has 0 aromatic heterocycles. The van der Waals surface area contributed by atoms with E-state index >= 15 is 0 Å². The molecule has 0 amide bonds. The number of ether oxygens (including phenoxy) is 8. The molecular formula is C76H88ClNaO16P2S2. The third-order valence-electron chi connectivity index (χ3n) is 16.0. The molecule has 12 unspecified atom stereocenters. The predicted octanol–water partition coefficient (Wildman–Crippen LogP) is 14.5. The van der Waals surface area contributed by atoms with Gasteiger partial charge in [-0.2, -0.15) is 0 Å². The van der Waals surface area contributed by atoms with Crippen molar-refractivity contribution in [1.29, 1.82) is 0 Å². The molecule has 4 heterocycles. The quantitative estimate of drug-likeness (QED) is 0.0400. The Morgan fingerprint density at radius 3 is 1.11 bits per heavy atom. The van der Waals surface area contributed by atoms with E-state index in [4.69, 9.17) is 71.8 Å². The van der Waals surface area contributed by atoms with Gasteiger partial charge in [0, 0.05) is 33.9 Å². The first-order valence-corrected chi connectivity index (χ1v) is 38.3. The van der Waals surface area contributed by atoms with E-state index in [-0.39, 0.29) is 50.8 Å². The van der Waals surface area contributed by atoms with Gasteiger partial charge in [0.1, 0.15) is 59.7 Å². The molecule has 0 bridgehead atoms. The zero-order valence-corrected chi connectivity index (χ0v) is 62.2. The van der Waals surface area contributed by atoms with Crippen LogP contribution in [0.5, 0.6) is 0 Å². The fourth-order valence-electron chi connectivity index (χ4n) is 10.9. The molecule has 8 aromatic carbocycles. The largest absolute Gasteiger partial charge is 1.00 e. The number of benzene rings is 8. The van der Waals surface area contributed by atoms with Gasteiger partial charge in [-0.15, -0.1) is 0 Å². The molecular weight excluding hydrogens is 1350 g/mol. The molecule has 4 aliphatic rings. The Hall–Kier alpha value is -4.35. The predicted molar refractivity (Wildman–Crippen MR) is 379 cm³/mol. The maximum absolute atomic E-state index is 14.2. The summed E-state index contributed by atoms with van der Waals surface area (Å²) in [6.07, 6.45) is -4.04. The Bertz CT molecular complexity index is 3640. The minimum atomic E-state index is -4.02. The topological polar surface area (TPSA) is 174 Å². The SMILES string of the molecule is CC1(C)CCOP(=O)(Cl)O1.CC1(C)CCOP(=O)(OC2C(Sc3ccccc3)OC(COCc3ccccc3)C(OCc3ccccc3)C2OCc2ccccc2)O1.OC1C(Sc2ccccc2)OC(COCc2ccccc2)C(OCc2ccccc2)C1OCc1ccccc1.[H-].[Na+]. The summed E-state index contributed by atoms with van der Waals surface area (Å²) in [5.41, 5.74) is 3.87. The first kappa shape index (κ1) is 77.8. The maximum Gasteiger partial charge on any atom is 1.00 e. The second kappa shape index (κ2) is 39.3. The van der Waals surface area contributed by atoms with Crippen LogP contribution in [0.3, 0.4) is 0 Å². The van der Waals surface area contributed by atoms with Crippen LogP contribution in [0.15, 0.2) is 252 Å². The molecule has 16 nitrogen and oxygen atoms in total. The van der Waals surface area contributed by atoms with Crippen molar-refractivity contribution in [1.82, 2.24) is 0 Å². The van der Waals surface area contributed by atoms with Crippen LogP contribution in [0.2, 0.25) is 0 Å². The van der Waals surface area contributed by atoms with Gasteiger partial charge in [0.05, 0.1) is 77.3 Å². The van der Waals surface area contributed by atoms with Crippen molar-refractivity contribution < 1.29 is 106 Å². The van der Waals surface area contributed by atoms with Gasteiger partial charge in [0.15, 0.2) is 0 Å². The fraction of sp³-hybridized carbons (Fsp3) is 0.368. The summed E-state index contributed by atoms with van der Waals surface area (Å²) >= 11 is 8.32. The first-order chi connectivity index (χ1) is 47.0. The standard InChI is InChI=1S/C38H43O8PS.C33H34O5S.C5H10ClO3P.Na.H/c1-38(2)23-24-43-47(39,46-38)45-36-35(42-27-31-19-11-5-12-20-31)34(41-26-30-17-9-4-10-18-30)33(28-40-25-29-15-7-3-8-16-29)44-37(36)48-32-21-13-6-14-22-32;34-30-32(37-23-27-17-9-3-10-18-27)31(36-22-26-15-7-2-8-16-26)29(24-35-21-25-13-5-1-6-14-25)38-33(30)39-28-19-11-4-12-20-28;1-5(2)3-4-8-10(6,7)9-5;;/h3-22,33-37H,23-28H2,1-2H3;1-20,29-34H,21-24H2;3-4H2,1-2H3;;/q;;;+1;-1. The Labute approximate surface area is 614 Å². The molecule has 4 saturated heterocycles. The third-order valence-corrected chi connectivity index (χ3v) is 21.7. The van der Waals surface area contributed by atoms with Crippen LogP contribution in [-0.2, 0) is 109 Å². The number of aliphatic hydroxyl groups is 1. The van der Waals surface area contributed by atoms with Crippen molar-refractivity contribution in [2.75, 3.05) is 26.4 Å². The van der Waals surface area contributed by atoms with E-state index in [0.717, 1.165) is 49.6 Å². The van der Waals surface area contributed by atoms with Gasteiger partial charge in [-0.1, -0.05) is 242 Å². The summed E-state index contributed by atoms with van der Waals surface area (Å²) in [7, 11) is -4.02. The molecule has 1 N–H and O–H groups in total. The van der Waals surface area contributed by atoms with Crippen LogP contribution in [-0.4, -0.2) is 102 Å². The van der Waals surface area contributed by atoms with Crippen LogP contribution in [0.4, 0.5) is 0 Å². The van der Waals surface area contributed by atoms with Crippen molar-refractivity contribution in [2.24, 2.45) is 0 Å². The molecule has 8 aromatic rings. The van der Waals surface area contributed by atoms with Gasteiger partial charge in [-0.25, -0.2) is 9.13 Å². The summed E-state index contributed by atoms with van der Waals surface area (Å²) in [5.74, 6) is 0. The van der Waals surface area contributed by atoms with E-state index in [1.54, 1.807) is 0 Å². The number of hydrogen-bond donors (Lipinski definition) is 1. The molecule has 4 aliphatic heterocycles. The second-order valence-corrected chi connectivity index (χ2v) is 31.2. The van der Waals surface area contributed by atoms with Gasteiger partial charge < -0.3 is 44.4 Å². The molecule has 518 valence electrons. The van der Waals surface area contributed by atoms with E-state index in [1.165, 1.54) is 23.5 Å². The fourth-order valence-corrected chi connectivity index (χ4v) is 16.7. The number of hydrogen-bond acceptors (Lipinski definition) is 18. The average Bonchev–Trinajstić information content (AvgIpc) is 0.767. The minimum Gasteiger partial charge on any atom is -1.00 e. The molecule has 4 fully saturated rings. The van der Waals surface area contributed by atoms with Crippen molar-refractivity contribution in [2.45, 2.75) is 161 Å². The van der Waals surface area contributed by atoms with Crippen LogP contribution in [0.1, 0.15) is 75.3 Å². The molecule has 22 heteroatoms. The molecule has 98 heavy (non-hydrogen) atoms. The van der Waals surface area contributed by atoms with Gasteiger partial charge in [0.25, 0.3) is 0 Å². The summed E-state index contributed by atoms with van der Waals surface area (Å²) in [5, 5.41) is 11.6. The maximum atomic E-state index is 14.2. The summed E-state index contributed by atoms with van der Waals surface area (Å²) in [4.78, 5) is 1.96. The summed E-state index contributed by atoms with van der Waals surface area (Å²) < 4.78 is 105. The Kier molecular flexibility index (Phi) is 31.2. The number of aliphatic hydroxyl groups excluding tert-OH is 1. The van der Waals surface area contributed by atoms with Crippen molar-refractivity contribution in [3.63, 3.8) is 0 Å². The van der Waals surface area contributed by atoms with Crippen molar-refractivity contribution in [3.8, 4) is 0 Å². The van der Waals surface area contributed by atoms with Crippen LogP contribution < -0.4 is 29.6 Å². The average molecular weight is 1440 g/mol. The zero-order valence-electron chi connectivity index (χ0n) is 57.0. The minimum absolute atomic E-state index is 0. The van der Waals surface area contributed by atoms with Crippen LogP contribution >= 0.6 is 49.5 Å². The van der Waals surface area contributed by atoms with E-state index in [2.05, 4.69) is 0 Å². The van der Waals surface area contributed by atoms with Crippen molar-refractivity contribution in [3.05, 3.63) is 276 Å². The number of phosphoric acid groups is 1. The zero-order chi connectivity index (χ0) is 67.8. The van der Waals surface area contributed by atoms with Crippen LogP contribution in [0, 0.1) is 0 Å². The molecule has 0 aliphatic carbocycles. The molecule has 0 radical (unpaired) electrons. The summed E-state index contributed by atoms with van der Waals surface area (Å²) in [6.45, 7) is 7.56. The van der Waals surface area contributed by atoms with Gasteiger partial charge in [0.2, 0.25) is 0 Å². The van der Waals surface area contributed by atoms with Crippen LogP contribution in [0.25, 0.3) is 0 Å². The smallest absolute Gasteiger partial charge is 1.00 e. The monoisotopic (exact) mass is 1440 g/mol. The normalized spacial score (nSPS) is 26.4. The number of rotatable bonds is 26. The van der Waals surface area contributed by atoms with E-state index in [1.807, 2.05) is 270 Å². The second-order valence-electron chi connectivity index (χ2n) is 24.8. The Morgan fingerprint density at radius 1 is 0.429 bits per heavy atom.